The lowest BCUT2D eigenvalue weighted by Gasteiger charge is -2.36. The number of rotatable bonds is 5. The Balaban J connectivity index is 1.31. The molecule has 0 bridgehead atoms. The van der Waals surface area contributed by atoms with E-state index in [1.165, 1.54) is 44.2 Å². The molecule has 0 amide bonds. The van der Waals surface area contributed by atoms with Crippen molar-refractivity contribution in [2.75, 3.05) is 0 Å². The highest BCUT2D eigenvalue weighted by Gasteiger charge is 2.41. The highest BCUT2D eigenvalue weighted by Crippen LogP contribution is 2.49. The van der Waals surface area contributed by atoms with Crippen LogP contribution in [0.2, 0.25) is 5.02 Å². The number of hydrogen-bond donors (Lipinski definition) is 0. The molecule has 29 heavy (non-hydrogen) atoms. The molecule has 0 unspecified atom stereocenters. The van der Waals surface area contributed by atoms with E-state index in [0.29, 0.717) is 22.1 Å². The molecule has 0 atom stereocenters. The Hall–Kier alpha value is -1.75. The zero-order valence-corrected chi connectivity index (χ0v) is 17.9. The van der Waals surface area contributed by atoms with E-state index in [4.69, 9.17) is 16.6 Å². The van der Waals surface area contributed by atoms with Crippen LogP contribution >= 0.6 is 11.6 Å². The van der Waals surface area contributed by atoms with Crippen molar-refractivity contribution in [1.82, 2.24) is 19.7 Å². The van der Waals surface area contributed by atoms with Crippen molar-refractivity contribution in [3.05, 3.63) is 28.9 Å². The largest absolute Gasteiger partial charge is 0.300 e. The van der Waals surface area contributed by atoms with Gasteiger partial charge in [0.2, 0.25) is 0 Å². The van der Waals surface area contributed by atoms with Crippen LogP contribution in [0.1, 0.15) is 69.3 Å². The van der Waals surface area contributed by atoms with Crippen LogP contribution < -0.4 is 0 Å². The monoisotopic (exact) mass is 412 g/mol. The van der Waals surface area contributed by atoms with Crippen molar-refractivity contribution in [3.8, 4) is 11.3 Å². The summed E-state index contributed by atoms with van der Waals surface area (Å²) in [6.07, 6.45) is 15.6. The van der Waals surface area contributed by atoms with Crippen LogP contribution in [0.15, 0.2) is 12.4 Å². The van der Waals surface area contributed by atoms with E-state index in [1.54, 1.807) is 6.20 Å². The van der Waals surface area contributed by atoms with E-state index >= 15 is 0 Å². The van der Waals surface area contributed by atoms with Gasteiger partial charge in [0, 0.05) is 43.8 Å². The maximum Gasteiger partial charge on any atom is 0.133 e. The number of carbonyl (C=O) groups is 1. The summed E-state index contributed by atoms with van der Waals surface area (Å²) < 4.78 is 1.97. The fraction of sp³-hybridized carbons (Fsp3) is 0.652. The lowest BCUT2D eigenvalue weighted by molar-refractivity contribution is -0.118. The summed E-state index contributed by atoms with van der Waals surface area (Å²) in [6.45, 7) is 0. The molecule has 2 aromatic rings. The summed E-state index contributed by atoms with van der Waals surface area (Å²) in [7, 11) is 2.00. The average Bonchev–Trinajstić information content (AvgIpc) is 3.36. The van der Waals surface area contributed by atoms with Crippen LogP contribution in [0.5, 0.6) is 0 Å². The molecule has 3 aliphatic carbocycles. The number of carbonyl (C=O) groups excluding carboxylic acids is 1. The first kappa shape index (κ1) is 19.2. The lowest BCUT2D eigenvalue weighted by Crippen LogP contribution is -2.26. The summed E-state index contributed by atoms with van der Waals surface area (Å²) in [5, 5.41) is 5.08. The van der Waals surface area contributed by atoms with Gasteiger partial charge in [0.1, 0.15) is 11.6 Å². The maximum atomic E-state index is 11.8. The molecule has 0 aliphatic heterocycles. The minimum Gasteiger partial charge on any atom is -0.300 e. The third kappa shape index (κ3) is 3.98. The van der Waals surface area contributed by atoms with E-state index in [0.717, 1.165) is 55.1 Å². The van der Waals surface area contributed by atoms with Crippen molar-refractivity contribution < 1.29 is 4.79 Å². The molecule has 3 fully saturated rings. The Bertz CT molecular complexity index is 925. The maximum absolute atomic E-state index is 11.8. The molecule has 6 heteroatoms. The molecular formula is C23H29ClN4O. The zero-order chi connectivity index (χ0) is 20.0. The Labute approximate surface area is 177 Å². The second kappa shape index (κ2) is 7.50. The second-order valence-corrected chi connectivity index (χ2v) is 10.0. The van der Waals surface area contributed by atoms with Gasteiger partial charge in [-0.1, -0.05) is 11.6 Å². The summed E-state index contributed by atoms with van der Waals surface area (Å²) in [5.41, 5.74) is 3.42. The SMILES string of the molecule is Cn1ncc(-c2nc(CC3CCC4(CCC(=O)C4)CC3)ncc2Cl)c1CC1CC1. The molecule has 0 saturated heterocycles. The molecular weight excluding hydrogens is 384 g/mol. The number of ketones is 1. The Morgan fingerprint density at radius 1 is 1.10 bits per heavy atom. The highest BCUT2D eigenvalue weighted by molar-refractivity contribution is 6.32. The zero-order valence-electron chi connectivity index (χ0n) is 17.2. The average molecular weight is 413 g/mol. The fourth-order valence-corrected chi connectivity index (χ4v) is 5.56. The van der Waals surface area contributed by atoms with Crippen molar-refractivity contribution in [2.45, 2.75) is 70.6 Å². The van der Waals surface area contributed by atoms with Crippen LogP contribution in [-0.2, 0) is 24.7 Å². The number of Topliss-reactive ketones (excluding diaryl/α,β-unsaturated/α-hetero) is 1. The first-order valence-corrected chi connectivity index (χ1v) is 11.4. The van der Waals surface area contributed by atoms with Gasteiger partial charge in [-0.15, -0.1) is 0 Å². The first-order valence-electron chi connectivity index (χ1n) is 11.1. The fourth-order valence-electron chi connectivity index (χ4n) is 5.37. The van der Waals surface area contributed by atoms with Gasteiger partial charge >= 0.3 is 0 Å². The molecule has 3 aliphatic rings. The van der Waals surface area contributed by atoms with Crippen LogP contribution in [0.25, 0.3) is 11.3 Å². The van der Waals surface area contributed by atoms with Crippen molar-refractivity contribution in [3.63, 3.8) is 0 Å². The Morgan fingerprint density at radius 3 is 2.55 bits per heavy atom. The van der Waals surface area contributed by atoms with E-state index in [2.05, 4.69) is 10.1 Å². The second-order valence-electron chi connectivity index (χ2n) is 9.62. The van der Waals surface area contributed by atoms with Gasteiger partial charge in [0.15, 0.2) is 0 Å². The van der Waals surface area contributed by atoms with Crippen molar-refractivity contribution >= 4 is 17.4 Å². The minimum absolute atomic E-state index is 0.313. The highest BCUT2D eigenvalue weighted by atomic mass is 35.5. The van der Waals surface area contributed by atoms with Gasteiger partial charge in [-0.3, -0.25) is 9.48 Å². The number of aromatic nitrogens is 4. The summed E-state index contributed by atoms with van der Waals surface area (Å²) in [6, 6.07) is 0. The van der Waals surface area contributed by atoms with Crippen molar-refractivity contribution in [2.24, 2.45) is 24.3 Å². The van der Waals surface area contributed by atoms with E-state index in [1.807, 2.05) is 17.9 Å². The van der Waals surface area contributed by atoms with E-state index in [9.17, 15) is 4.79 Å². The third-order valence-electron chi connectivity index (χ3n) is 7.43. The predicted octanol–water partition coefficient (Wildman–Crippen LogP) is 4.96. The Morgan fingerprint density at radius 2 is 1.86 bits per heavy atom. The lowest BCUT2D eigenvalue weighted by atomic mass is 9.69. The molecule has 5 rings (SSSR count). The molecule has 0 N–H and O–H groups in total. The number of aryl methyl sites for hydroxylation is 1. The molecule has 5 nitrogen and oxygen atoms in total. The topological polar surface area (TPSA) is 60.7 Å². The smallest absolute Gasteiger partial charge is 0.133 e. The van der Waals surface area contributed by atoms with Gasteiger partial charge < -0.3 is 0 Å². The van der Waals surface area contributed by atoms with Crippen LogP contribution in [0, 0.1) is 17.3 Å². The molecule has 0 aromatic carbocycles. The summed E-state index contributed by atoms with van der Waals surface area (Å²) in [4.78, 5) is 21.2. The van der Waals surface area contributed by atoms with E-state index < -0.39 is 0 Å². The summed E-state index contributed by atoms with van der Waals surface area (Å²) in [5.74, 6) is 2.73. The third-order valence-corrected chi connectivity index (χ3v) is 7.71. The van der Waals surface area contributed by atoms with Crippen LogP contribution in [0.3, 0.4) is 0 Å². The molecule has 2 heterocycles. The minimum atomic E-state index is 0.313. The molecule has 154 valence electrons. The van der Waals surface area contributed by atoms with Crippen molar-refractivity contribution in [1.29, 1.82) is 0 Å². The molecule has 2 aromatic heterocycles. The normalized spacial score (nSPS) is 27.1. The number of nitrogens with zero attached hydrogens (tertiary/aromatic N) is 4. The molecule has 1 spiro atoms. The van der Waals surface area contributed by atoms with Gasteiger partial charge in [-0.05, 0) is 68.6 Å². The van der Waals surface area contributed by atoms with Crippen LogP contribution in [-0.4, -0.2) is 25.5 Å². The van der Waals surface area contributed by atoms with Gasteiger partial charge in [0.05, 0.1) is 16.9 Å². The number of hydrogen-bond acceptors (Lipinski definition) is 4. The Kier molecular flexibility index (Phi) is 4.97. The molecule has 0 radical (unpaired) electrons. The van der Waals surface area contributed by atoms with Gasteiger partial charge in [0.25, 0.3) is 0 Å². The van der Waals surface area contributed by atoms with Gasteiger partial charge in [-0.2, -0.15) is 5.10 Å². The predicted molar refractivity (Wildman–Crippen MR) is 113 cm³/mol. The van der Waals surface area contributed by atoms with Crippen LogP contribution in [0.4, 0.5) is 0 Å². The number of halogens is 1. The summed E-state index contributed by atoms with van der Waals surface area (Å²) >= 11 is 6.51. The van der Waals surface area contributed by atoms with Gasteiger partial charge in [-0.25, -0.2) is 9.97 Å². The molecule has 3 saturated carbocycles. The van der Waals surface area contributed by atoms with E-state index in [-0.39, 0.29) is 0 Å². The first-order chi connectivity index (χ1) is 14.0. The quantitative estimate of drug-likeness (QED) is 0.696. The standard InChI is InChI=1S/C23H29ClN4O/c1-28-20(10-15-2-3-15)18(13-26-28)22-19(24)14-25-21(27-22)11-16-4-7-23(8-5-16)9-6-17(29)12-23/h13-16H,2-12H2,1H3.